The third kappa shape index (κ3) is 7.08. The minimum Gasteiger partial charge on any atom is -0.481 e. The molecular weight excluding hydrogens is 484 g/mol. The highest BCUT2D eigenvalue weighted by molar-refractivity contribution is 6.05. The quantitative estimate of drug-likeness (QED) is 0.243. The number of carbonyl (C=O) groups excluding carboxylic acids is 4. The molecule has 0 aliphatic carbocycles. The van der Waals surface area contributed by atoms with Crippen molar-refractivity contribution in [3.8, 4) is 0 Å². The van der Waals surface area contributed by atoms with Crippen molar-refractivity contribution in [2.24, 2.45) is 5.92 Å². The van der Waals surface area contributed by atoms with E-state index in [9.17, 15) is 24.0 Å². The van der Waals surface area contributed by atoms with Gasteiger partial charge in [0.05, 0.1) is 19.5 Å². The van der Waals surface area contributed by atoms with Crippen molar-refractivity contribution in [1.29, 1.82) is 0 Å². The number of tetrazole rings is 1. The van der Waals surface area contributed by atoms with E-state index in [0.717, 1.165) is 5.56 Å². The number of aromatic nitrogens is 4. The van der Waals surface area contributed by atoms with Gasteiger partial charge in [0.1, 0.15) is 12.1 Å². The smallest absolute Gasteiger partial charge is 0.303 e. The fraction of sp³-hybridized carbons (Fsp3) is 0.478. The maximum absolute atomic E-state index is 13.3. The Hall–Kier alpha value is -4.36. The largest absolute Gasteiger partial charge is 0.481 e. The van der Waals surface area contributed by atoms with Gasteiger partial charge < -0.3 is 21.1 Å². The number of nitrogens with zero attached hydrogens (tertiary/aromatic N) is 4. The number of fused-ring (bicyclic) bond motifs is 1. The molecule has 14 nitrogen and oxygen atoms in total. The monoisotopic (exact) mass is 514 g/mol. The van der Waals surface area contributed by atoms with Gasteiger partial charge in [-0.25, -0.2) is 0 Å². The minimum atomic E-state index is -1.12. The maximum atomic E-state index is 13.3. The van der Waals surface area contributed by atoms with E-state index in [-0.39, 0.29) is 31.1 Å². The molecule has 0 fully saturated rings. The van der Waals surface area contributed by atoms with E-state index in [2.05, 4.69) is 36.6 Å². The van der Waals surface area contributed by atoms with Crippen LogP contribution < -0.4 is 20.9 Å². The molecule has 1 aromatic carbocycles. The minimum absolute atomic E-state index is 0.0269. The van der Waals surface area contributed by atoms with Crippen LogP contribution in [-0.2, 0) is 36.9 Å². The van der Waals surface area contributed by atoms with E-state index in [1.807, 2.05) is 19.1 Å². The number of carbonyl (C=O) groups is 5. The number of aromatic amines is 1. The highest BCUT2D eigenvalue weighted by atomic mass is 16.4. The first-order valence-electron chi connectivity index (χ1n) is 11.9. The average Bonchev–Trinajstić information content (AvgIpc) is 3.55. The van der Waals surface area contributed by atoms with Crippen molar-refractivity contribution < 1.29 is 29.1 Å². The topological polar surface area (TPSA) is 199 Å². The molecule has 198 valence electrons. The first-order chi connectivity index (χ1) is 17.7. The SMILES string of the molecule is CCC(C)C(NC(=O)CCC(=O)O)C(=O)NCC(=O)N1c2ccccc2C[C@H]1C(=O)NCc1nn[nH]n1. The average molecular weight is 515 g/mol. The van der Waals surface area contributed by atoms with Crippen LogP contribution in [0.1, 0.15) is 44.5 Å². The van der Waals surface area contributed by atoms with Crippen molar-refractivity contribution >= 4 is 35.3 Å². The number of nitrogens with one attached hydrogen (secondary N) is 4. The molecule has 1 aliphatic heterocycles. The Morgan fingerprint density at radius 1 is 1.16 bits per heavy atom. The lowest BCUT2D eigenvalue weighted by Crippen LogP contribution is -2.54. The number of H-pyrrole nitrogens is 1. The predicted molar refractivity (Wildman–Crippen MR) is 129 cm³/mol. The Bertz CT molecular complexity index is 1140. The van der Waals surface area contributed by atoms with Crippen molar-refractivity contribution in [2.75, 3.05) is 11.4 Å². The second kappa shape index (κ2) is 12.6. The zero-order chi connectivity index (χ0) is 26.9. The van der Waals surface area contributed by atoms with Crippen LogP contribution >= 0.6 is 0 Å². The third-order valence-electron chi connectivity index (χ3n) is 6.15. The molecule has 1 aliphatic rings. The van der Waals surface area contributed by atoms with E-state index in [1.54, 1.807) is 19.1 Å². The van der Waals surface area contributed by atoms with E-state index in [0.29, 0.717) is 18.5 Å². The molecule has 37 heavy (non-hydrogen) atoms. The molecular formula is C23H30N8O6. The van der Waals surface area contributed by atoms with Crippen LogP contribution in [0.15, 0.2) is 24.3 Å². The normalized spacial score (nSPS) is 15.8. The number of hydrogen-bond acceptors (Lipinski definition) is 8. The van der Waals surface area contributed by atoms with E-state index in [4.69, 9.17) is 5.11 Å². The summed E-state index contributed by atoms with van der Waals surface area (Å²) in [5.41, 5.74) is 1.38. The fourth-order valence-corrected chi connectivity index (χ4v) is 3.97. The predicted octanol–water partition coefficient (Wildman–Crippen LogP) is -0.714. The van der Waals surface area contributed by atoms with Crippen LogP contribution in [0.5, 0.6) is 0 Å². The molecule has 2 aromatic rings. The Morgan fingerprint density at radius 2 is 1.92 bits per heavy atom. The molecule has 0 spiro atoms. The summed E-state index contributed by atoms with van der Waals surface area (Å²) < 4.78 is 0. The molecule has 0 bridgehead atoms. The number of para-hydroxylation sites is 1. The Balaban J connectivity index is 1.67. The van der Waals surface area contributed by atoms with Gasteiger partial charge in [-0.15, -0.1) is 10.2 Å². The Kier molecular flexibility index (Phi) is 9.24. The van der Waals surface area contributed by atoms with Gasteiger partial charge in [-0.2, -0.15) is 5.21 Å². The Labute approximate surface area is 212 Å². The lowest BCUT2D eigenvalue weighted by molar-refractivity contribution is -0.139. The molecule has 0 saturated carbocycles. The number of aliphatic carboxylic acids is 1. The lowest BCUT2D eigenvalue weighted by atomic mass is 9.98. The zero-order valence-corrected chi connectivity index (χ0v) is 20.6. The summed E-state index contributed by atoms with van der Waals surface area (Å²) in [5.74, 6) is -3.15. The van der Waals surface area contributed by atoms with E-state index >= 15 is 0 Å². The van der Waals surface area contributed by atoms with Gasteiger partial charge >= 0.3 is 5.97 Å². The highest BCUT2D eigenvalue weighted by Crippen LogP contribution is 2.32. The zero-order valence-electron chi connectivity index (χ0n) is 20.6. The Morgan fingerprint density at radius 3 is 2.59 bits per heavy atom. The molecule has 3 rings (SSSR count). The summed E-state index contributed by atoms with van der Waals surface area (Å²) in [4.78, 5) is 63.4. The van der Waals surface area contributed by atoms with Gasteiger partial charge in [-0.3, -0.25) is 28.9 Å². The molecule has 5 N–H and O–H groups in total. The number of rotatable bonds is 12. The summed E-state index contributed by atoms with van der Waals surface area (Å²) in [7, 11) is 0. The van der Waals surface area contributed by atoms with E-state index in [1.165, 1.54) is 4.90 Å². The number of hydrogen-bond donors (Lipinski definition) is 5. The van der Waals surface area contributed by atoms with E-state index < -0.39 is 48.2 Å². The lowest BCUT2D eigenvalue weighted by Gasteiger charge is -2.26. The molecule has 14 heteroatoms. The summed E-state index contributed by atoms with van der Waals surface area (Å²) in [5, 5.41) is 29.9. The summed E-state index contributed by atoms with van der Waals surface area (Å²) >= 11 is 0. The molecule has 4 amide bonds. The number of carboxylic acid groups (broad SMARTS) is 1. The standard InChI is InChI=1S/C23H30N8O6/c1-3-13(2)21(26-18(32)8-9-20(34)35)23(37)25-12-19(33)31-15-7-5-4-6-14(15)10-16(31)22(36)24-11-17-27-29-30-28-17/h4-7,13,16,21H,3,8-12H2,1-2H3,(H,24,36)(H,25,37)(H,26,32)(H,34,35)(H,27,28,29,30)/t13?,16-,21?/m0/s1. The van der Waals surface area contributed by atoms with Gasteiger partial charge in [-0.05, 0) is 17.5 Å². The van der Waals surface area contributed by atoms with Crippen LogP contribution in [0, 0.1) is 5.92 Å². The molecule has 3 atom stereocenters. The third-order valence-corrected chi connectivity index (χ3v) is 6.15. The van der Waals surface area contributed by atoms with Gasteiger partial charge in [0.15, 0.2) is 5.82 Å². The second-order valence-corrected chi connectivity index (χ2v) is 8.70. The second-order valence-electron chi connectivity index (χ2n) is 8.70. The summed E-state index contributed by atoms with van der Waals surface area (Å²) in [6.07, 6.45) is 0.236. The summed E-state index contributed by atoms with van der Waals surface area (Å²) in [6, 6.07) is 5.34. The highest BCUT2D eigenvalue weighted by Gasteiger charge is 2.38. The maximum Gasteiger partial charge on any atom is 0.303 e. The van der Waals surface area contributed by atoms with Gasteiger partial charge in [0, 0.05) is 18.5 Å². The van der Waals surface area contributed by atoms with Crippen molar-refractivity contribution in [3.05, 3.63) is 35.7 Å². The van der Waals surface area contributed by atoms with Gasteiger partial charge in [0.25, 0.3) is 0 Å². The van der Waals surface area contributed by atoms with Crippen LogP contribution in [-0.4, -0.2) is 74.0 Å². The van der Waals surface area contributed by atoms with Gasteiger partial charge in [-0.1, -0.05) is 43.7 Å². The molecule has 0 radical (unpaired) electrons. The molecule has 2 unspecified atom stereocenters. The first-order valence-corrected chi connectivity index (χ1v) is 11.9. The van der Waals surface area contributed by atoms with Crippen molar-refractivity contribution in [3.63, 3.8) is 0 Å². The van der Waals surface area contributed by atoms with Crippen LogP contribution in [0.3, 0.4) is 0 Å². The fourth-order valence-electron chi connectivity index (χ4n) is 3.97. The van der Waals surface area contributed by atoms with Gasteiger partial charge in [0.2, 0.25) is 23.6 Å². The van der Waals surface area contributed by atoms with Crippen LogP contribution in [0.4, 0.5) is 5.69 Å². The van der Waals surface area contributed by atoms with Crippen LogP contribution in [0.2, 0.25) is 0 Å². The number of benzene rings is 1. The van der Waals surface area contributed by atoms with Crippen LogP contribution in [0.25, 0.3) is 0 Å². The first kappa shape index (κ1) is 27.2. The number of anilines is 1. The molecule has 2 heterocycles. The summed E-state index contributed by atoms with van der Waals surface area (Å²) in [6.45, 7) is 3.24. The number of carboxylic acids is 1. The van der Waals surface area contributed by atoms with Crippen molar-refractivity contribution in [2.45, 2.75) is 58.2 Å². The van der Waals surface area contributed by atoms with Crippen molar-refractivity contribution in [1.82, 2.24) is 36.6 Å². The number of amides is 4. The molecule has 1 aromatic heterocycles. The molecule has 0 saturated heterocycles.